The summed E-state index contributed by atoms with van der Waals surface area (Å²) in [5.41, 5.74) is 1.70. The molecular formula is C20H20ClN3O4. The van der Waals surface area contributed by atoms with Gasteiger partial charge < -0.3 is 14.6 Å². The molecule has 0 aliphatic heterocycles. The molecule has 0 aliphatic rings. The molecule has 0 bridgehead atoms. The number of aromatic nitrogens is 1. The molecule has 2 aromatic rings. The van der Waals surface area contributed by atoms with E-state index < -0.39 is 23.6 Å². The quantitative estimate of drug-likeness (QED) is 0.454. The molecular weight excluding hydrogens is 382 g/mol. The summed E-state index contributed by atoms with van der Waals surface area (Å²) in [6.07, 6.45) is 0. The second-order valence-electron chi connectivity index (χ2n) is 6.14. The van der Waals surface area contributed by atoms with Gasteiger partial charge in [-0.15, -0.1) is 0 Å². The van der Waals surface area contributed by atoms with Crippen LogP contribution in [0.5, 0.6) is 0 Å². The summed E-state index contributed by atoms with van der Waals surface area (Å²) in [5, 5.41) is 12.5. The highest BCUT2D eigenvalue weighted by Crippen LogP contribution is 2.25. The van der Waals surface area contributed by atoms with Crippen LogP contribution >= 0.6 is 11.6 Å². The molecule has 0 spiro atoms. The summed E-state index contributed by atoms with van der Waals surface area (Å²) in [5.74, 6) is -3.57. The maximum atomic E-state index is 13.0. The van der Waals surface area contributed by atoms with Gasteiger partial charge in [0.25, 0.3) is 0 Å². The van der Waals surface area contributed by atoms with Gasteiger partial charge in [-0.2, -0.15) is 5.26 Å². The fourth-order valence-electron chi connectivity index (χ4n) is 2.95. The Kier molecular flexibility index (Phi) is 6.60. The number of ether oxygens (including phenoxy) is 1. The number of Topliss-reactive ketones (excluding diaryl/α,β-unsaturated/α-hetero) is 1. The third kappa shape index (κ3) is 4.07. The van der Waals surface area contributed by atoms with E-state index in [-0.39, 0.29) is 17.9 Å². The second kappa shape index (κ2) is 8.72. The molecule has 8 heteroatoms. The first-order valence-electron chi connectivity index (χ1n) is 8.56. The lowest BCUT2D eigenvalue weighted by Crippen LogP contribution is -2.30. The number of esters is 1. The van der Waals surface area contributed by atoms with Crippen LogP contribution < -0.4 is 5.32 Å². The molecule has 1 unspecified atom stereocenters. The number of rotatable bonds is 6. The number of ketones is 1. The Hall–Kier alpha value is -3.11. The number of hydrogen-bond acceptors (Lipinski definition) is 5. The molecule has 0 saturated heterocycles. The van der Waals surface area contributed by atoms with Crippen molar-refractivity contribution in [2.24, 2.45) is 13.0 Å². The highest BCUT2D eigenvalue weighted by molar-refractivity contribution is 6.30. The Labute approximate surface area is 167 Å². The minimum absolute atomic E-state index is 0.123. The molecule has 1 heterocycles. The van der Waals surface area contributed by atoms with E-state index in [1.54, 1.807) is 58.2 Å². The molecule has 1 atom stereocenters. The Morgan fingerprint density at radius 2 is 1.86 bits per heavy atom. The number of nitrogens with zero attached hydrogens (tertiary/aromatic N) is 2. The van der Waals surface area contributed by atoms with E-state index in [2.05, 4.69) is 5.32 Å². The number of nitriles is 1. The molecule has 0 saturated carbocycles. The fraction of sp³-hybridized carbons (Fsp3) is 0.300. The first-order valence-corrected chi connectivity index (χ1v) is 8.93. The Balaban J connectivity index is 2.36. The van der Waals surface area contributed by atoms with Crippen molar-refractivity contribution in [1.29, 1.82) is 5.26 Å². The van der Waals surface area contributed by atoms with E-state index in [4.69, 9.17) is 16.3 Å². The van der Waals surface area contributed by atoms with Crippen LogP contribution in [0.15, 0.2) is 24.3 Å². The van der Waals surface area contributed by atoms with Gasteiger partial charge in [0, 0.05) is 23.5 Å². The maximum Gasteiger partial charge on any atom is 0.340 e. The van der Waals surface area contributed by atoms with Crippen molar-refractivity contribution in [1.82, 2.24) is 4.57 Å². The Morgan fingerprint density at radius 3 is 2.39 bits per heavy atom. The lowest BCUT2D eigenvalue weighted by Gasteiger charge is -2.11. The molecule has 0 radical (unpaired) electrons. The van der Waals surface area contributed by atoms with Gasteiger partial charge in [-0.1, -0.05) is 11.6 Å². The SMILES string of the molecule is CCOC(=O)c1c(C)c(C(=O)C(C#N)C(=O)Nc2ccc(Cl)cc2)n(C)c1C. The van der Waals surface area contributed by atoms with Gasteiger partial charge in [0.15, 0.2) is 5.92 Å². The maximum absolute atomic E-state index is 13.0. The van der Waals surface area contributed by atoms with E-state index in [0.29, 0.717) is 22.0 Å². The summed E-state index contributed by atoms with van der Waals surface area (Å²) >= 11 is 5.81. The summed E-state index contributed by atoms with van der Waals surface area (Å²) in [4.78, 5) is 37.7. The fourth-order valence-corrected chi connectivity index (χ4v) is 3.08. The van der Waals surface area contributed by atoms with Crippen LogP contribution in [0, 0.1) is 31.1 Å². The Morgan fingerprint density at radius 1 is 1.25 bits per heavy atom. The van der Waals surface area contributed by atoms with Gasteiger partial charge in [0.1, 0.15) is 0 Å². The van der Waals surface area contributed by atoms with Crippen LogP contribution in [0.3, 0.4) is 0 Å². The number of hydrogen-bond donors (Lipinski definition) is 1. The predicted octanol–water partition coefficient (Wildman–Crippen LogP) is 3.43. The molecule has 7 nitrogen and oxygen atoms in total. The highest BCUT2D eigenvalue weighted by atomic mass is 35.5. The van der Waals surface area contributed by atoms with Gasteiger partial charge in [-0.05, 0) is 50.6 Å². The zero-order valence-corrected chi connectivity index (χ0v) is 16.8. The molecule has 0 fully saturated rings. The molecule has 0 aliphatic carbocycles. The number of halogens is 1. The van der Waals surface area contributed by atoms with Crippen LogP contribution in [0.25, 0.3) is 0 Å². The molecule has 1 aromatic carbocycles. The number of carbonyl (C=O) groups is 3. The first-order chi connectivity index (χ1) is 13.2. The van der Waals surface area contributed by atoms with Gasteiger partial charge in [-0.3, -0.25) is 9.59 Å². The molecule has 28 heavy (non-hydrogen) atoms. The molecule has 1 N–H and O–H groups in total. The van der Waals surface area contributed by atoms with Crippen molar-refractivity contribution in [3.63, 3.8) is 0 Å². The monoisotopic (exact) mass is 401 g/mol. The second-order valence-corrected chi connectivity index (χ2v) is 6.57. The van der Waals surface area contributed by atoms with Gasteiger partial charge >= 0.3 is 5.97 Å². The summed E-state index contributed by atoms with van der Waals surface area (Å²) in [6, 6.07) is 8.04. The third-order valence-electron chi connectivity index (χ3n) is 4.41. The zero-order valence-electron chi connectivity index (χ0n) is 16.0. The van der Waals surface area contributed by atoms with Crippen molar-refractivity contribution in [3.05, 3.63) is 51.8 Å². The lowest BCUT2D eigenvalue weighted by atomic mass is 9.98. The van der Waals surface area contributed by atoms with E-state index in [1.165, 1.54) is 4.57 Å². The number of amides is 1. The standard InChI is InChI=1S/C20H20ClN3O4/c1-5-28-20(27)16-11(2)17(24(4)12(16)3)18(25)15(10-22)19(26)23-14-8-6-13(21)7-9-14/h6-9,15H,5H2,1-4H3,(H,23,26). The van der Waals surface area contributed by atoms with Crippen molar-refractivity contribution < 1.29 is 19.1 Å². The summed E-state index contributed by atoms with van der Waals surface area (Å²) in [6.45, 7) is 5.15. The van der Waals surface area contributed by atoms with Gasteiger partial charge in [0.05, 0.1) is 23.9 Å². The smallest absolute Gasteiger partial charge is 0.340 e. The largest absolute Gasteiger partial charge is 0.462 e. The zero-order chi connectivity index (χ0) is 21.0. The van der Waals surface area contributed by atoms with E-state index in [9.17, 15) is 19.6 Å². The van der Waals surface area contributed by atoms with Crippen molar-refractivity contribution >= 4 is 34.9 Å². The Bertz CT molecular complexity index is 971. The van der Waals surface area contributed by atoms with Crippen LogP contribution in [0.2, 0.25) is 5.02 Å². The molecule has 146 valence electrons. The number of nitrogens with one attached hydrogen (secondary N) is 1. The van der Waals surface area contributed by atoms with Crippen LogP contribution in [0.4, 0.5) is 5.69 Å². The van der Waals surface area contributed by atoms with Crippen LogP contribution in [-0.2, 0) is 16.6 Å². The van der Waals surface area contributed by atoms with Crippen LogP contribution in [-0.4, -0.2) is 28.8 Å². The van der Waals surface area contributed by atoms with Crippen molar-refractivity contribution in [3.8, 4) is 6.07 Å². The van der Waals surface area contributed by atoms with E-state index in [0.717, 1.165) is 0 Å². The third-order valence-corrected chi connectivity index (χ3v) is 4.66. The minimum atomic E-state index is -1.57. The number of carbonyl (C=O) groups excluding carboxylic acids is 3. The lowest BCUT2D eigenvalue weighted by molar-refractivity contribution is -0.117. The molecule has 1 amide bonds. The molecule has 1 aromatic heterocycles. The first kappa shape index (κ1) is 21.2. The minimum Gasteiger partial charge on any atom is -0.462 e. The van der Waals surface area contributed by atoms with E-state index in [1.807, 2.05) is 0 Å². The summed E-state index contributed by atoms with van der Waals surface area (Å²) < 4.78 is 6.55. The normalized spacial score (nSPS) is 11.4. The average Bonchev–Trinajstić information content (AvgIpc) is 2.86. The molecule has 2 rings (SSSR count). The van der Waals surface area contributed by atoms with E-state index >= 15 is 0 Å². The van der Waals surface area contributed by atoms with Gasteiger partial charge in [-0.25, -0.2) is 4.79 Å². The number of anilines is 1. The predicted molar refractivity (Wildman–Crippen MR) is 104 cm³/mol. The highest BCUT2D eigenvalue weighted by Gasteiger charge is 2.33. The van der Waals surface area contributed by atoms with Crippen LogP contribution in [0.1, 0.15) is 39.0 Å². The topological polar surface area (TPSA) is 101 Å². The van der Waals surface area contributed by atoms with Crippen molar-refractivity contribution in [2.75, 3.05) is 11.9 Å². The average molecular weight is 402 g/mol. The van der Waals surface area contributed by atoms with Crippen molar-refractivity contribution in [2.45, 2.75) is 20.8 Å². The summed E-state index contributed by atoms with van der Waals surface area (Å²) in [7, 11) is 1.60. The van der Waals surface area contributed by atoms with Gasteiger partial charge in [0.2, 0.25) is 11.7 Å². The number of benzene rings is 1.